The van der Waals surface area contributed by atoms with Crippen LogP contribution in [0.1, 0.15) is 35.8 Å². The minimum atomic E-state index is -4.69. The van der Waals surface area contributed by atoms with Crippen LogP contribution in [-0.2, 0) is 27.1 Å². The minimum absolute atomic E-state index is 0.195. The summed E-state index contributed by atoms with van der Waals surface area (Å²) in [5, 5.41) is 1.89. The lowest BCUT2D eigenvalue weighted by molar-refractivity contribution is -0.137. The van der Waals surface area contributed by atoms with E-state index in [-0.39, 0.29) is 5.69 Å². The van der Waals surface area contributed by atoms with E-state index in [0.717, 1.165) is 65.0 Å². The van der Waals surface area contributed by atoms with Crippen molar-refractivity contribution in [1.29, 1.82) is 0 Å². The van der Waals surface area contributed by atoms with Crippen LogP contribution in [0.3, 0.4) is 0 Å². The summed E-state index contributed by atoms with van der Waals surface area (Å²) in [6.07, 6.45) is -4.69. The van der Waals surface area contributed by atoms with Crippen LogP contribution in [0.25, 0.3) is 0 Å². The Kier molecular flexibility index (Phi) is 8.74. The van der Waals surface area contributed by atoms with Gasteiger partial charge in [0.25, 0.3) is 0 Å². The second-order valence-electron chi connectivity index (χ2n) is 11.0. The third kappa shape index (κ3) is 6.07. The quantitative estimate of drug-likeness (QED) is 0.172. The first-order chi connectivity index (χ1) is 22.4. The van der Waals surface area contributed by atoms with E-state index in [9.17, 15) is 36.7 Å². The molecule has 0 saturated carbocycles. The lowest BCUT2D eigenvalue weighted by Crippen LogP contribution is -2.33. The summed E-state index contributed by atoms with van der Waals surface area (Å²) in [5.74, 6) is -4.23. The van der Waals surface area contributed by atoms with Gasteiger partial charge in [-0.3, -0.25) is 23.7 Å². The highest BCUT2D eigenvalue weighted by atomic mass is 32.2. The highest BCUT2D eigenvalue weighted by Gasteiger charge is 2.57. The highest BCUT2D eigenvalue weighted by molar-refractivity contribution is 8.00. The molecule has 1 fully saturated rings. The molecular weight excluding hydrogens is 657 g/mol. The molecule has 3 amide bonds. The van der Waals surface area contributed by atoms with Gasteiger partial charge >= 0.3 is 11.0 Å². The molecule has 3 aromatic carbocycles. The summed E-state index contributed by atoms with van der Waals surface area (Å²) < 4.78 is 55.3. The van der Waals surface area contributed by atoms with Gasteiger partial charge in [0.05, 0.1) is 22.2 Å². The van der Waals surface area contributed by atoms with Crippen molar-refractivity contribution in [3.8, 4) is 0 Å². The molecule has 8 nitrogen and oxygen atoms in total. The van der Waals surface area contributed by atoms with Crippen molar-refractivity contribution < 1.29 is 31.9 Å². The van der Waals surface area contributed by atoms with Gasteiger partial charge in [0.1, 0.15) is 17.6 Å². The summed E-state index contributed by atoms with van der Waals surface area (Å²) in [5.41, 5.74) is 0.708. The summed E-state index contributed by atoms with van der Waals surface area (Å²) in [6, 6.07) is 16.6. The Labute approximate surface area is 275 Å². The fourth-order valence-corrected chi connectivity index (χ4v) is 8.82. The monoisotopic (exact) mass is 684 g/mol. The highest BCUT2D eigenvalue weighted by Crippen LogP contribution is 2.54. The van der Waals surface area contributed by atoms with Crippen LogP contribution >= 0.6 is 23.1 Å². The van der Waals surface area contributed by atoms with Crippen molar-refractivity contribution in [2.45, 2.75) is 42.8 Å². The van der Waals surface area contributed by atoms with E-state index in [0.29, 0.717) is 21.2 Å². The Morgan fingerprint density at radius 3 is 2.26 bits per heavy atom. The normalized spacial score (nSPS) is 19.0. The predicted octanol–water partition coefficient (Wildman–Crippen LogP) is 6.35. The van der Waals surface area contributed by atoms with Crippen LogP contribution in [0.4, 0.5) is 34.6 Å². The minimum Gasteiger partial charge on any atom is -0.372 e. The fraction of sp³-hybridized carbons (Fsp3) is 0.273. The van der Waals surface area contributed by atoms with Gasteiger partial charge < -0.3 is 10.2 Å². The molecule has 1 aromatic heterocycles. The third-order valence-corrected chi connectivity index (χ3v) is 10.9. The predicted molar refractivity (Wildman–Crippen MR) is 173 cm³/mol. The molecule has 3 atom stereocenters. The number of rotatable bonds is 8. The van der Waals surface area contributed by atoms with Crippen molar-refractivity contribution in [3.05, 3.63) is 104 Å². The van der Waals surface area contributed by atoms with Crippen molar-refractivity contribution in [3.63, 3.8) is 0 Å². The van der Waals surface area contributed by atoms with Gasteiger partial charge in [0, 0.05) is 35.3 Å². The Morgan fingerprint density at radius 2 is 1.62 bits per heavy atom. The van der Waals surface area contributed by atoms with Gasteiger partial charge in [-0.05, 0) is 74.0 Å². The number of thioether (sulfide) groups is 1. The molecule has 1 saturated heterocycles. The first-order valence-corrected chi connectivity index (χ1v) is 16.5. The largest absolute Gasteiger partial charge is 0.416 e. The second-order valence-corrected chi connectivity index (χ2v) is 13.2. The van der Waals surface area contributed by atoms with Gasteiger partial charge in [-0.15, -0.1) is 0 Å². The number of nitrogens with one attached hydrogen (secondary N) is 1. The maximum atomic E-state index is 14.1. The number of hydrogen-bond acceptors (Lipinski definition) is 7. The Balaban J connectivity index is 1.41. The molecule has 14 heteroatoms. The first-order valence-electron chi connectivity index (χ1n) is 14.8. The van der Waals surface area contributed by atoms with Gasteiger partial charge in [0.15, 0.2) is 0 Å². The van der Waals surface area contributed by atoms with Gasteiger partial charge in [-0.2, -0.15) is 13.2 Å². The average molecular weight is 685 g/mol. The number of carbonyl (C=O) groups excluding carboxylic acids is 3. The SMILES string of the molecule is CCN(CC)c1ccc(C2c3sc(=O)n(CC(=O)Nc4ccc(F)cc4)c3SC3C(=O)N(c4cccc(C(F)(F)F)c4)C(=O)C32)cc1. The molecule has 2 aliphatic rings. The molecule has 1 N–H and O–H groups in total. The van der Waals surface area contributed by atoms with E-state index in [2.05, 4.69) is 10.2 Å². The Hall–Kier alpha value is -4.43. The number of hydrogen-bond donors (Lipinski definition) is 1. The molecule has 47 heavy (non-hydrogen) atoms. The maximum Gasteiger partial charge on any atom is 0.416 e. The molecule has 0 aliphatic carbocycles. The average Bonchev–Trinajstić information content (AvgIpc) is 3.49. The lowest BCUT2D eigenvalue weighted by atomic mass is 9.83. The number of halogens is 4. The fourth-order valence-electron chi connectivity index (χ4n) is 6.05. The maximum absolute atomic E-state index is 14.1. The molecule has 4 aromatic rings. The van der Waals surface area contributed by atoms with Crippen molar-refractivity contribution >= 4 is 57.9 Å². The molecule has 0 spiro atoms. The number of benzene rings is 3. The summed E-state index contributed by atoms with van der Waals surface area (Å²) in [6.45, 7) is 5.14. The van der Waals surface area contributed by atoms with Crippen LogP contribution in [0, 0.1) is 11.7 Å². The number of thiazole rings is 1. The number of fused-ring (bicyclic) bond motifs is 2. The molecule has 0 bridgehead atoms. The summed E-state index contributed by atoms with van der Waals surface area (Å²) in [7, 11) is 0. The summed E-state index contributed by atoms with van der Waals surface area (Å²) in [4.78, 5) is 57.4. The van der Waals surface area contributed by atoms with E-state index in [1.165, 1.54) is 34.9 Å². The number of imide groups is 1. The number of nitrogens with zero attached hydrogens (tertiary/aromatic N) is 3. The Bertz CT molecular complexity index is 1900. The van der Waals surface area contributed by atoms with Crippen LogP contribution < -0.4 is 20.0 Å². The molecule has 244 valence electrons. The number of amides is 3. The zero-order valence-electron chi connectivity index (χ0n) is 25.1. The van der Waals surface area contributed by atoms with Crippen LogP contribution in [0.15, 0.2) is 82.6 Å². The Morgan fingerprint density at radius 1 is 0.936 bits per heavy atom. The zero-order valence-corrected chi connectivity index (χ0v) is 26.7. The van der Waals surface area contributed by atoms with Crippen molar-refractivity contribution in [1.82, 2.24) is 4.57 Å². The molecule has 6 rings (SSSR count). The van der Waals surface area contributed by atoms with E-state index in [4.69, 9.17) is 0 Å². The third-order valence-electron chi connectivity index (χ3n) is 8.29. The second kappa shape index (κ2) is 12.6. The zero-order chi connectivity index (χ0) is 33.6. The number of carbonyl (C=O) groups is 3. The van der Waals surface area contributed by atoms with Crippen molar-refractivity contribution in [2.24, 2.45) is 5.92 Å². The first kappa shape index (κ1) is 32.5. The van der Waals surface area contributed by atoms with E-state index in [1.807, 2.05) is 38.1 Å². The lowest BCUT2D eigenvalue weighted by Gasteiger charge is -2.31. The number of alkyl halides is 3. The topological polar surface area (TPSA) is 91.7 Å². The molecular formula is C33H28F4N4O4S2. The van der Waals surface area contributed by atoms with Gasteiger partial charge in [-0.1, -0.05) is 41.3 Å². The van der Waals surface area contributed by atoms with Gasteiger partial charge in [0.2, 0.25) is 17.7 Å². The standard InChI is InChI=1S/C33H28F4N4O4S2/c1-3-39(4-2)22-14-8-18(9-15-22)25-26-27(30(44)41(29(26)43)23-7-5-6-19(16-23)33(35,36)37)46-31-28(25)47-32(45)40(31)17-24(42)38-21-12-10-20(34)11-13-21/h5-16,25-27H,3-4,17H2,1-2H3,(H,38,42). The molecule has 3 unspecified atom stereocenters. The number of aromatic nitrogens is 1. The van der Waals surface area contributed by atoms with E-state index in [1.54, 1.807) is 0 Å². The smallest absolute Gasteiger partial charge is 0.372 e. The van der Waals surface area contributed by atoms with E-state index < -0.39 is 63.8 Å². The van der Waals surface area contributed by atoms with E-state index >= 15 is 0 Å². The van der Waals surface area contributed by atoms with Crippen LogP contribution in [-0.4, -0.2) is 40.6 Å². The number of anilines is 3. The van der Waals surface area contributed by atoms with Crippen LogP contribution in [0.2, 0.25) is 0 Å². The molecule has 0 radical (unpaired) electrons. The van der Waals surface area contributed by atoms with Gasteiger partial charge in [-0.25, -0.2) is 9.29 Å². The summed E-state index contributed by atoms with van der Waals surface area (Å²) >= 11 is 1.82. The van der Waals surface area contributed by atoms with Crippen molar-refractivity contribution in [2.75, 3.05) is 28.2 Å². The van der Waals surface area contributed by atoms with Crippen LogP contribution in [0.5, 0.6) is 0 Å². The molecule has 3 heterocycles. The molecule has 2 aliphatic heterocycles.